The topological polar surface area (TPSA) is 43.1 Å². The normalized spacial score (nSPS) is 10.9. The Balaban J connectivity index is 1.93. The predicted molar refractivity (Wildman–Crippen MR) is 102 cm³/mol. The molecule has 0 saturated carbocycles. The van der Waals surface area contributed by atoms with Crippen LogP contribution in [0, 0.1) is 10.1 Å². The van der Waals surface area contributed by atoms with Crippen LogP contribution in [0.1, 0.15) is 96.0 Å². The highest BCUT2D eigenvalue weighted by Crippen LogP contribution is 2.20. The van der Waals surface area contributed by atoms with Gasteiger partial charge < -0.3 is 0 Å². The first-order chi connectivity index (χ1) is 11.8. The highest BCUT2D eigenvalue weighted by atomic mass is 16.6. The Labute approximate surface area is 148 Å². The fourth-order valence-electron chi connectivity index (χ4n) is 3.23. The van der Waals surface area contributed by atoms with E-state index in [1.165, 1.54) is 77.0 Å². The lowest BCUT2D eigenvalue weighted by molar-refractivity contribution is -0.385. The second-order valence-electron chi connectivity index (χ2n) is 6.88. The van der Waals surface area contributed by atoms with Crippen molar-refractivity contribution in [3.63, 3.8) is 0 Å². The summed E-state index contributed by atoms with van der Waals surface area (Å²) in [6, 6.07) is 7.13. The van der Waals surface area contributed by atoms with E-state index in [-0.39, 0.29) is 10.6 Å². The number of rotatable bonds is 15. The van der Waals surface area contributed by atoms with Gasteiger partial charge in [-0.3, -0.25) is 10.1 Å². The van der Waals surface area contributed by atoms with Gasteiger partial charge in [-0.15, -0.1) is 0 Å². The first-order valence-electron chi connectivity index (χ1n) is 9.98. The van der Waals surface area contributed by atoms with Crippen LogP contribution in [-0.4, -0.2) is 4.92 Å². The van der Waals surface area contributed by atoms with E-state index in [4.69, 9.17) is 0 Å². The predicted octanol–water partition coefficient (Wildman–Crippen LogP) is 7.23. The van der Waals surface area contributed by atoms with Crippen molar-refractivity contribution in [2.45, 2.75) is 96.8 Å². The maximum Gasteiger partial charge on any atom is 0.272 e. The SMILES string of the molecule is CCCCCCCCCCCCCCCc1ccccc1[N+](=O)[O-]. The molecule has 0 N–H and O–H groups in total. The highest BCUT2D eigenvalue weighted by Gasteiger charge is 2.11. The molecule has 0 aliphatic carbocycles. The minimum atomic E-state index is -0.266. The molecule has 0 heterocycles. The molecule has 0 aliphatic rings. The van der Waals surface area contributed by atoms with Crippen LogP contribution in [0.15, 0.2) is 24.3 Å². The number of nitrogens with zero attached hydrogens (tertiary/aromatic N) is 1. The number of aryl methyl sites for hydroxylation is 1. The minimum Gasteiger partial charge on any atom is -0.258 e. The van der Waals surface area contributed by atoms with Gasteiger partial charge in [0.25, 0.3) is 5.69 Å². The number of para-hydroxylation sites is 1. The summed E-state index contributed by atoms with van der Waals surface area (Å²) in [6.45, 7) is 2.26. The van der Waals surface area contributed by atoms with Crippen molar-refractivity contribution in [2.24, 2.45) is 0 Å². The molecule has 0 aliphatic heterocycles. The summed E-state index contributed by atoms with van der Waals surface area (Å²) in [6.07, 6.45) is 18.1. The number of nitro groups is 1. The largest absolute Gasteiger partial charge is 0.272 e. The van der Waals surface area contributed by atoms with Crippen molar-refractivity contribution in [1.82, 2.24) is 0 Å². The Morgan fingerprint density at radius 3 is 1.71 bits per heavy atom. The Kier molecular flexibility index (Phi) is 12.1. The second kappa shape index (κ2) is 14.0. The van der Waals surface area contributed by atoms with Gasteiger partial charge in [-0.25, -0.2) is 0 Å². The van der Waals surface area contributed by atoms with Gasteiger partial charge in [0.2, 0.25) is 0 Å². The molecule has 0 unspecified atom stereocenters. The number of benzene rings is 1. The zero-order valence-corrected chi connectivity index (χ0v) is 15.5. The minimum absolute atomic E-state index is 0.266. The summed E-state index contributed by atoms with van der Waals surface area (Å²) >= 11 is 0. The first-order valence-corrected chi connectivity index (χ1v) is 9.98. The molecule has 0 saturated heterocycles. The third-order valence-electron chi connectivity index (χ3n) is 4.74. The van der Waals surface area contributed by atoms with Crippen LogP contribution in [0.5, 0.6) is 0 Å². The molecule has 0 amide bonds. The van der Waals surface area contributed by atoms with E-state index < -0.39 is 0 Å². The van der Waals surface area contributed by atoms with Crippen LogP contribution in [-0.2, 0) is 6.42 Å². The molecule has 0 aromatic heterocycles. The van der Waals surface area contributed by atoms with Crippen LogP contribution < -0.4 is 0 Å². The summed E-state index contributed by atoms with van der Waals surface area (Å²) < 4.78 is 0. The second-order valence-corrected chi connectivity index (χ2v) is 6.88. The molecule has 24 heavy (non-hydrogen) atoms. The standard InChI is InChI=1S/C21H35NO2/c1-2-3-4-5-6-7-8-9-10-11-12-13-14-17-20-18-15-16-19-21(20)22(23)24/h15-16,18-19H,2-14,17H2,1H3. The van der Waals surface area contributed by atoms with Crippen molar-refractivity contribution < 1.29 is 4.92 Å². The monoisotopic (exact) mass is 333 g/mol. The fraction of sp³-hybridized carbons (Fsp3) is 0.714. The zero-order chi connectivity index (χ0) is 17.5. The molecule has 1 aromatic carbocycles. The zero-order valence-electron chi connectivity index (χ0n) is 15.5. The summed E-state index contributed by atoms with van der Waals surface area (Å²) in [5, 5.41) is 11.0. The molecule has 0 bridgehead atoms. The highest BCUT2D eigenvalue weighted by molar-refractivity contribution is 5.39. The first kappa shape index (κ1) is 20.7. The van der Waals surface area contributed by atoms with Gasteiger partial charge in [-0.2, -0.15) is 0 Å². The van der Waals surface area contributed by atoms with Crippen molar-refractivity contribution in [3.05, 3.63) is 39.9 Å². The lowest BCUT2D eigenvalue weighted by Crippen LogP contribution is -1.95. The molecule has 1 aromatic rings. The Morgan fingerprint density at radius 2 is 1.21 bits per heavy atom. The quantitative estimate of drug-likeness (QED) is 0.193. The van der Waals surface area contributed by atoms with Gasteiger partial charge in [0.1, 0.15) is 0 Å². The number of unbranched alkanes of at least 4 members (excludes halogenated alkanes) is 12. The van der Waals surface area contributed by atoms with E-state index in [9.17, 15) is 10.1 Å². The molecular weight excluding hydrogens is 298 g/mol. The average Bonchev–Trinajstić information content (AvgIpc) is 2.59. The van der Waals surface area contributed by atoms with Crippen molar-refractivity contribution in [3.8, 4) is 0 Å². The smallest absolute Gasteiger partial charge is 0.258 e. The number of nitro benzene ring substituents is 1. The Bertz CT molecular complexity index is 445. The maximum atomic E-state index is 11.0. The average molecular weight is 334 g/mol. The van der Waals surface area contributed by atoms with E-state index >= 15 is 0 Å². The molecule has 0 spiro atoms. The molecular formula is C21H35NO2. The summed E-state index contributed by atoms with van der Waals surface area (Å²) in [5.41, 5.74) is 1.15. The van der Waals surface area contributed by atoms with Gasteiger partial charge in [-0.05, 0) is 12.8 Å². The van der Waals surface area contributed by atoms with Crippen molar-refractivity contribution >= 4 is 5.69 Å². The summed E-state index contributed by atoms with van der Waals surface area (Å²) in [5.74, 6) is 0. The summed E-state index contributed by atoms with van der Waals surface area (Å²) in [4.78, 5) is 10.7. The summed E-state index contributed by atoms with van der Waals surface area (Å²) in [7, 11) is 0. The van der Waals surface area contributed by atoms with E-state index in [0.717, 1.165) is 18.4 Å². The molecule has 0 atom stereocenters. The van der Waals surface area contributed by atoms with Crippen LogP contribution in [0.2, 0.25) is 0 Å². The van der Waals surface area contributed by atoms with E-state index in [0.29, 0.717) is 0 Å². The maximum absolute atomic E-state index is 11.0. The molecule has 136 valence electrons. The van der Waals surface area contributed by atoms with Crippen LogP contribution >= 0.6 is 0 Å². The van der Waals surface area contributed by atoms with Gasteiger partial charge in [0.05, 0.1) is 4.92 Å². The van der Waals surface area contributed by atoms with Crippen molar-refractivity contribution in [1.29, 1.82) is 0 Å². The van der Waals surface area contributed by atoms with Gasteiger partial charge >= 0.3 is 0 Å². The van der Waals surface area contributed by atoms with Crippen molar-refractivity contribution in [2.75, 3.05) is 0 Å². The molecule has 3 nitrogen and oxygen atoms in total. The van der Waals surface area contributed by atoms with Crippen LogP contribution in [0.4, 0.5) is 5.69 Å². The lowest BCUT2D eigenvalue weighted by atomic mass is 10.0. The van der Waals surface area contributed by atoms with Gasteiger partial charge in [0, 0.05) is 11.6 Å². The third kappa shape index (κ3) is 9.69. The van der Waals surface area contributed by atoms with Gasteiger partial charge in [0.15, 0.2) is 0 Å². The third-order valence-corrected chi connectivity index (χ3v) is 4.74. The molecule has 0 radical (unpaired) electrons. The van der Waals surface area contributed by atoms with E-state index in [2.05, 4.69) is 6.92 Å². The van der Waals surface area contributed by atoms with Crippen LogP contribution in [0.3, 0.4) is 0 Å². The van der Waals surface area contributed by atoms with E-state index in [1.807, 2.05) is 12.1 Å². The Hall–Kier alpha value is -1.38. The fourth-order valence-corrected chi connectivity index (χ4v) is 3.23. The van der Waals surface area contributed by atoms with Crippen LogP contribution in [0.25, 0.3) is 0 Å². The van der Waals surface area contributed by atoms with E-state index in [1.54, 1.807) is 12.1 Å². The lowest BCUT2D eigenvalue weighted by Gasteiger charge is -2.04. The molecule has 3 heteroatoms. The molecule has 0 fully saturated rings. The number of hydrogen-bond acceptors (Lipinski definition) is 2. The Morgan fingerprint density at radius 1 is 0.750 bits per heavy atom. The molecule has 1 rings (SSSR count). The van der Waals surface area contributed by atoms with Gasteiger partial charge in [-0.1, -0.05) is 102 Å². The number of hydrogen-bond donors (Lipinski definition) is 0.